The number of hydrogen-bond donors (Lipinski definition) is 1. The van der Waals surface area contributed by atoms with Gasteiger partial charge in [0, 0.05) is 10.5 Å². The van der Waals surface area contributed by atoms with Crippen molar-refractivity contribution >= 4 is 22.5 Å². The topological polar surface area (TPSA) is 25.0 Å². The molecule has 1 N–H and O–H groups in total. The van der Waals surface area contributed by atoms with Crippen LogP contribution in [-0.2, 0) is 6.61 Å². The third-order valence-electron chi connectivity index (χ3n) is 2.78. The second kappa shape index (κ2) is 4.75. The van der Waals surface area contributed by atoms with E-state index in [-0.39, 0.29) is 0 Å². The predicted octanol–water partition coefficient (Wildman–Crippen LogP) is 4.40. The first-order valence-corrected chi connectivity index (χ1v) is 6.14. The Morgan fingerprint density at radius 2 is 1.83 bits per heavy atom. The summed E-state index contributed by atoms with van der Waals surface area (Å²) in [5.41, 5.74) is 2.07. The van der Waals surface area contributed by atoms with Crippen LogP contribution >= 0.6 is 11.6 Å². The second-order valence-corrected chi connectivity index (χ2v) is 4.56. The second-order valence-electron chi connectivity index (χ2n) is 4.13. The third-order valence-corrected chi connectivity index (χ3v) is 3.01. The summed E-state index contributed by atoms with van der Waals surface area (Å²) in [6.45, 7) is 0.524. The Morgan fingerprint density at radius 3 is 2.67 bits per heavy atom. The molecule has 0 atom stereocenters. The Labute approximate surface area is 110 Å². The summed E-state index contributed by atoms with van der Waals surface area (Å²) in [5, 5.41) is 1.88. The third kappa shape index (κ3) is 2.34. The fourth-order valence-corrected chi connectivity index (χ4v) is 2.09. The van der Waals surface area contributed by atoms with Gasteiger partial charge in [-0.3, -0.25) is 0 Å². The van der Waals surface area contributed by atoms with E-state index >= 15 is 0 Å². The van der Waals surface area contributed by atoms with Crippen molar-refractivity contribution in [2.75, 3.05) is 0 Å². The lowest BCUT2D eigenvalue weighted by Crippen LogP contribution is -1.94. The van der Waals surface area contributed by atoms with E-state index in [1.165, 1.54) is 0 Å². The summed E-state index contributed by atoms with van der Waals surface area (Å²) < 4.78 is 5.69. The van der Waals surface area contributed by atoms with Crippen LogP contribution in [0.1, 0.15) is 5.69 Å². The maximum atomic E-state index is 5.95. The molecule has 0 fully saturated rings. The average molecular weight is 258 g/mol. The van der Waals surface area contributed by atoms with E-state index in [1.54, 1.807) is 0 Å². The van der Waals surface area contributed by atoms with Crippen LogP contribution in [0.2, 0.25) is 5.02 Å². The highest BCUT2D eigenvalue weighted by Gasteiger charge is 2.02. The highest BCUT2D eigenvalue weighted by Crippen LogP contribution is 2.20. The Hall–Kier alpha value is -1.93. The Morgan fingerprint density at radius 1 is 1.00 bits per heavy atom. The van der Waals surface area contributed by atoms with Gasteiger partial charge in [-0.25, -0.2) is 0 Å². The minimum absolute atomic E-state index is 0.524. The van der Waals surface area contributed by atoms with Gasteiger partial charge in [0.25, 0.3) is 0 Å². The monoisotopic (exact) mass is 257 g/mol. The molecule has 0 aliphatic heterocycles. The predicted molar refractivity (Wildman–Crippen MR) is 74.1 cm³/mol. The molecule has 3 aromatic rings. The van der Waals surface area contributed by atoms with Crippen molar-refractivity contribution in [3.8, 4) is 5.75 Å². The zero-order valence-corrected chi connectivity index (χ0v) is 10.4. The SMILES string of the molecule is Clc1ccc2cc(COc3ccccc3)[nH]c2c1. The van der Waals surface area contributed by atoms with Crippen molar-refractivity contribution < 1.29 is 4.74 Å². The molecule has 0 unspecified atom stereocenters. The summed E-state index contributed by atoms with van der Waals surface area (Å²) in [4.78, 5) is 3.30. The fourth-order valence-electron chi connectivity index (χ4n) is 1.91. The molecule has 1 aromatic heterocycles. The number of H-pyrrole nitrogens is 1. The van der Waals surface area contributed by atoms with Crippen LogP contribution in [0.15, 0.2) is 54.6 Å². The lowest BCUT2D eigenvalue weighted by Gasteiger charge is -2.03. The maximum Gasteiger partial charge on any atom is 0.128 e. The standard InChI is InChI=1S/C15H12ClNO/c16-12-7-6-11-8-13(17-15(11)9-12)10-18-14-4-2-1-3-5-14/h1-9,17H,10H2. The van der Waals surface area contributed by atoms with Gasteiger partial charge in [-0.15, -0.1) is 0 Å². The van der Waals surface area contributed by atoms with E-state index in [9.17, 15) is 0 Å². The van der Waals surface area contributed by atoms with E-state index in [2.05, 4.69) is 11.1 Å². The number of hydrogen-bond acceptors (Lipinski definition) is 1. The molecule has 18 heavy (non-hydrogen) atoms. The van der Waals surface area contributed by atoms with Crippen LogP contribution in [-0.4, -0.2) is 4.98 Å². The van der Waals surface area contributed by atoms with Gasteiger partial charge in [0.05, 0.1) is 5.69 Å². The van der Waals surface area contributed by atoms with E-state index in [1.807, 2.05) is 48.5 Å². The van der Waals surface area contributed by atoms with Crippen LogP contribution in [0.5, 0.6) is 5.75 Å². The minimum atomic E-state index is 0.524. The molecule has 0 aliphatic carbocycles. The molecular formula is C15H12ClNO. The van der Waals surface area contributed by atoms with Crippen molar-refractivity contribution in [3.63, 3.8) is 0 Å². The molecular weight excluding hydrogens is 246 g/mol. The number of para-hydroxylation sites is 1. The Bertz CT molecular complexity index is 661. The quantitative estimate of drug-likeness (QED) is 0.739. The maximum absolute atomic E-state index is 5.95. The smallest absolute Gasteiger partial charge is 0.128 e. The van der Waals surface area contributed by atoms with Crippen molar-refractivity contribution in [2.24, 2.45) is 0 Å². The number of benzene rings is 2. The molecule has 0 aliphatic rings. The lowest BCUT2D eigenvalue weighted by molar-refractivity contribution is 0.302. The largest absolute Gasteiger partial charge is 0.487 e. The molecule has 0 radical (unpaired) electrons. The van der Waals surface area contributed by atoms with Gasteiger partial charge in [-0.1, -0.05) is 35.9 Å². The van der Waals surface area contributed by atoms with Crippen LogP contribution in [0.4, 0.5) is 0 Å². The molecule has 0 saturated carbocycles. The molecule has 90 valence electrons. The number of fused-ring (bicyclic) bond motifs is 1. The highest BCUT2D eigenvalue weighted by molar-refractivity contribution is 6.31. The Balaban J connectivity index is 1.79. The zero-order valence-electron chi connectivity index (χ0n) is 9.69. The van der Waals surface area contributed by atoms with Crippen molar-refractivity contribution in [1.29, 1.82) is 0 Å². The number of ether oxygens (including phenoxy) is 1. The van der Waals surface area contributed by atoms with Gasteiger partial charge in [-0.2, -0.15) is 0 Å². The summed E-state index contributed by atoms with van der Waals surface area (Å²) >= 11 is 5.95. The van der Waals surface area contributed by atoms with E-state index in [0.717, 1.165) is 27.4 Å². The van der Waals surface area contributed by atoms with Gasteiger partial charge >= 0.3 is 0 Å². The van der Waals surface area contributed by atoms with E-state index in [4.69, 9.17) is 16.3 Å². The first kappa shape index (κ1) is 11.2. The molecule has 0 amide bonds. The lowest BCUT2D eigenvalue weighted by atomic mass is 10.2. The van der Waals surface area contributed by atoms with Gasteiger partial charge in [0.1, 0.15) is 12.4 Å². The minimum Gasteiger partial charge on any atom is -0.487 e. The molecule has 0 spiro atoms. The van der Waals surface area contributed by atoms with Crippen LogP contribution in [0, 0.1) is 0 Å². The Kier molecular flexibility index (Phi) is 2.95. The molecule has 0 saturated heterocycles. The first-order chi connectivity index (χ1) is 8.81. The van der Waals surface area contributed by atoms with Gasteiger partial charge in [-0.05, 0) is 35.7 Å². The molecule has 2 nitrogen and oxygen atoms in total. The highest BCUT2D eigenvalue weighted by atomic mass is 35.5. The van der Waals surface area contributed by atoms with Crippen molar-refractivity contribution in [3.05, 3.63) is 65.3 Å². The van der Waals surface area contributed by atoms with Crippen LogP contribution in [0.3, 0.4) is 0 Å². The fraction of sp³-hybridized carbons (Fsp3) is 0.0667. The van der Waals surface area contributed by atoms with Crippen molar-refractivity contribution in [2.45, 2.75) is 6.61 Å². The molecule has 0 bridgehead atoms. The van der Waals surface area contributed by atoms with Crippen LogP contribution < -0.4 is 4.74 Å². The number of nitrogens with one attached hydrogen (secondary N) is 1. The van der Waals surface area contributed by atoms with E-state index in [0.29, 0.717) is 6.61 Å². The van der Waals surface area contributed by atoms with E-state index < -0.39 is 0 Å². The number of rotatable bonds is 3. The number of halogens is 1. The summed E-state index contributed by atoms with van der Waals surface area (Å²) in [6, 6.07) is 17.7. The van der Waals surface area contributed by atoms with Gasteiger partial charge in [0.2, 0.25) is 0 Å². The number of aromatic nitrogens is 1. The molecule has 3 rings (SSSR count). The first-order valence-electron chi connectivity index (χ1n) is 5.76. The summed E-state index contributed by atoms with van der Waals surface area (Å²) in [7, 11) is 0. The zero-order chi connectivity index (χ0) is 12.4. The molecule has 1 heterocycles. The van der Waals surface area contributed by atoms with Crippen LogP contribution in [0.25, 0.3) is 10.9 Å². The molecule has 3 heteroatoms. The summed E-state index contributed by atoms with van der Waals surface area (Å²) in [5.74, 6) is 0.870. The summed E-state index contributed by atoms with van der Waals surface area (Å²) in [6.07, 6.45) is 0. The number of aromatic amines is 1. The molecule has 2 aromatic carbocycles. The average Bonchev–Trinajstić information content (AvgIpc) is 2.79. The van der Waals surface area contributed by atoms with Gasteiger partial charge in [0.15, 0.2) is 0 Å². The van der Waals surface area contributed by atoms with Gasteiger partial charge < -0.3 is 9.72 Å². The normalized spacial score (nSPS) is 10.7. The van der Waals surface area contributed by atoms with Crippen molar-refractivity contribution in [1.82, 2.24) is 4.98 Å².